The van der Waals surface area contributed by atoms with E-state index in [2.05, 4.69) is 25.0 Å². The molecule has 1 spiro atoms. The molecule has 50 heavy (non-hydrogen) atoms. The summed E-state index contributed by atoms with van der Waals surface area (Å²) in [4.78, 5) is 36.6. The fourth-order valence-corrected chi connectivity index (χ4v) is 9.61. The van der Waals surface area contributed by atoms with Gasteiger partial charge < -0.3 is 20.3 Å². The van der Waals surface area contributed by atoms with E-state index in [9.17, 15) is 13.6 Å². The smallest absolute Gasteiger partial charge is 0.346 e. The molecule has 12 nitrogen and oxygen atoms in total. The largest absolute Gasteiger partial charge is 0.461 e. The summed E-state index contributed by atoms with van der Waals surface area (Å²) in [5, 5.41) is 4.60. The molecule has 2 atom stereocenters. The molecule has 260 valence electrons. The first-order valence-electron chi connectivity index (χ1n) is 16.6. The number of nitrogens with zero attached hydrogens (tertiary/aromatic N) is 9. The number of anilines is 2. The van der Waals surface area contributed by atoms with Gasteiger partial charge in [-0.2, -0.15) is 19.7 Å². The van der Waals surface area contributed by atoms with E-state index in [0.717, 1.165) is 43.6 Å². The molecule has 5 aromatic rings. The van der Waals surface area contributed by atoms with E-state index < -0.39 is 23.3 Å². The second-order valence-corrected chi connectivity index (χ2v) is 15.4. The molecule has 3 aromatic heterocycles. The summed E-state index contributed by atoms with van der Waals surface area (Å²) in [6.45, 7) is 3.57. The van der Waals surface area contributed by atoms with Crippen molar-refractivity contribution in [1.82, 2.24) is 39.5 Å². The Labute approximate surface area is 293 Å². The van der Waals surface area contributed by atoms with E-state index in [-0.39, 0.29) is 61.1 Å². The molecule has 0 radical (unpaired) electrons. The summed E-state index contributed by atoms with van der Waals surface area (Å²) >= 11 is 7.81. The van der Waals surface area contributed by atoms with Crippen LogP contribution in [0.25, 0.3) is 32.2 Å². The van der Waals surface area contributed by atoms with Gasteiger partial charge in [0.15, 0.2) is 10.9 Å². The third-order valence-electron chi connectivity index (χ3n) is 10.8. The maximum absolute atomic E-state index is 16.9. The number of ether oxygens (including phenoxy) is 1. The molecular weight excluding hydrogens is 693 g/mol. The average Bonchev–Trinajstić information content (AvgIpc) is 3.88. The molecule has 4 aliphatic heterocycles. The first-order chi connectivity index (χ1) is 24.1. The molecule has 0 bridgehead atoms. The standard InChI is InChI=1S/C33H32ClF3N10O2S/c34-21-9-20-25(24(37)23(21)19-3-4-22(36)27-26(19)41-29(38)50-27)42-30(49-15-33-6-2-8-46(33)11-18(35)10-33)43-28(20)45-13-32(14-45)5-1-7-44(12-32)31(48)47-17-39-16-40-47/h3-4,9,16-18H,1-2,5-8,10-15H2,(H2,38,41)/t18-,33+/m1/s1. The molecule has 1 amide bonds. The number of piperidine rings is 1. The molecular formula is C33H32ClF3N10O2S. The van der Waals surface area contributed by atoms with Crippen molar-refractivity contribution in [1.29, 1.82) is 0 Å². The van der Waals surface area contributed by atoms with Gasteiger partial charge in [-0.25, -0.2) is 27.9 Å². The minimum Gasteiger partial charge on any atom is -0.461 e. The van der Waals surface area contributed by atoms with Gasteiger partial charge in [0.1, 0.15) is 42.6 Å². The number of rotatable bonds is 5. The molecule has 4 fully saturated rings. The number of fused-ring (bicyclic) bond motifs is 3. The highest BCUT2D eigenvalue weighted by Crippen LogP contribution is 2.47. The summed E-state index contributed by atoms with van der Waals surface area (Å²) in [7, 11) is 0. The summed E-state index contributed by atoms with van der Waals surface area (Å²) in [6.07, 6.45) is 5.59. The Balaban J connectivity index is 1.10. The van der Waals surface area contributed by atoms with Crippen LogP contribution in [0.15, 0.2) is 30.9 Å². The highest BCUT2D eigenvalue weighted by Gasteiger charge is 2.50. The van der Waals surface area contributed by atoms with Gasteiger partial charge in [-0.3, -0.25) is 4.90 Å². The third kappa shape index (κ3) is 5.05. The molecule has 2 aromatic carbocycles. The number of benzene rings is 2. The van der Waals surface area contributed by atoms with Gasteiger partial charge in [0.05, 0.1) is 20.8 Å². The van der Waals surface area contributed by atoms with Crippen LogP contribution in [-0.2, 0) is 0 Å². The summed E-state index contributed by atoms with van der Waals surface area (Å²) in [5.74, 6) is -0.807. The van der Waals surface area contributed by atoms with Crippen molar-refractivity contribution in [3.8, 4) is 17.1 Å². The number of likely N-dealkylation sites (tertiary alicyclic amines) is 1. The first-order valence-corrected chi connectivity index (χ1v) is 17.8. The van der Waals surface area contributed by atoms with Gasteiger partial charge in [0.2, 0.25) is 0 Å². The zero-order chi connectivity index (χ0) is 34.4. The molecule has 0 saturated carbocycles. The van der Waals surface area contributed by atoms with Crippen molar-refractivity contribution in [3.63, 3.8) is 0 Å². The van der Waals surface area contributed by atoms with Gasteiger partial charge in [-0.1, -0.05) is 22.9 Å². The van der Waals surface area contributed by atoms with Crippen molar-refractivity contribution in [2.75, 3.05) is 56.5 Å². The second-order valence-electron chi connectivity index (χ2n) is 14.0. The number of thiazole rings is 1. The van der Waals surface area contributed by atoms with E-state index in [1.165, 1.54) is 29.5 Å². The van der Waals surface area contributed by atoms with Crippen LogP contribution in [0.5, 0.6) is 6.01 Å². The first kappa shape index (κ1) is 31.7. The number of hydrogen-bond donors (Lipinski definition) is 1. The van der Waals surface area contributed by atoms with Crippen LogP contribution in [0.2, 0.25) is 5.02 Å². The van der Waals surface area contributed by atoms with Crippen LogP contribution in [0.4, 0.5) is 28.9 Å². The Morgan fingerprint density at radius 2 is 1.94 bits per heavy atom. The van der Waals surface area contributed by atoms with Gasteiger partial charge in [-0.15, -0.1) is 0 Å². The Morgan fingerprint density at radius 1 is 1.10 bits per heavy atom. The number of alkyl halides is 1. The topological polar surface area (TPSA) is 131 Å². The van der Waals surface area contributed by atoms with Crippen molar-refractivity contribution in [3.05, 3.63) is 47.5 Å². The Morgan fingerprint density at radius 3 is 2.76 bits per heavy atom. The van der Waals surface area contributed by atoms with E-state index in [4.69, 9.17) is 27.1 Å². The lowest BCUT2D eigenvalue weighted by Crippen LogP contribution is -2.64. The molecule has 7 heterocycles. The molecule has 0 aliphatic carbocycles. The van der Waals surface area contributed by atoms with E-state index in [1.54, 1.807) is 11.0 Å². The average molecular weight is 725 g/mol. The van der Waals surface area contributed by atoms with E-state index in [1.807, 2.05) is 4.90 Å². The number of nitrogens with two attached hydrogens (primary N) is 1. The van der Waals surface area contributed by atoms with Crippen LogP contribution in [0.1, 0.15) is 32.1 Å². The quantitative estimate of drug-likeness (QED) is 0.247. The van der Waals surface area contributed by atoms with Gasteiger partial charge in [0.25, 0.3) is 0 Å². The number of carbonyl (C=O) groups is 1. The Kier molecular flexibility index (Phi) is 7.37. The highest BCUT2D eigenvalue weighted by molar-refractivity contribution is 7.22. The van der Waals surface area contributed by atoms with E-state index >= 15 is 4.39 Å². The number of aromatic nitrogens is 6. The van der Waals surface area contributed by atoms with E-state index in [0.29, 0.717) is 50.3 Å². The zero-order valence-electron chi connectivity index (χ0n) is 26.8. The highest BCUT2D eigenvalue weighted by atomic mass is 35.5. The molecule has 0 unspecified atom stereocenters. The minimum absolute atomic E-state index is 0.0105. The number of carbonyl (C=O) groups excluding carboxylic acids is 1. The number of amides is 1. The summed E-state index contributed by atoms with van der Waals surface area (Å²) in [5.41, 5.74) is 5.73. The molecule has 9 rings (SSSR count). The third-order valence-corrected chi connectivity index (χ3v) is 11.9. The molecule has 4 aliphatic rings. The fourth-order valence-electron chi connectivity index (χ4n) is 8.55. The van der Waals surface area contributed by atoms with Crippen LogP contribution in [-0.4, -0.2) is 103 Å². The predicted octanol–water partition coefficient (Wildman–Crippen LogP) is 5.54. The summed E-state index contributed by atoms with van der Waals surface area (Å²) < 4.78 is 53.8. The summed E-state index contributed by atoms with van der Waals surface area (Å²) in [6, 6.07) is 4.03. The van der Waals surface area contributed by atoms with Crippen LogP contribution in [0, 0.1) is 17.0 Å². The monoisotopic (exact) mass is 724 g/mol. The van der Waals surface area contributed by atoms with Crippen molar-refractivity contribution < 1.29 is 22.7 Å². The number of nitrogen functional groups attached to an aromatic ring is 1. The number of hydrogen-bond acceptors (Lipinski definition) is 11. The van der Waals surface area contributed by atoms with Gasteiger partial charge in [-0.05, 0) is 50.4 Å². The minimum atomic E-state index is -0.940. The van der Waals surface area contributed by atoms with Crippen LogP contribution in [0.3, 0.4) is 0 Å². The normalized spacial score (nSPS) is 23.2. The Hall–Kier alpha value is -4.28. The maximum Gasteiger partial charge on any atom is 0.346 e. The lowest BCUT2D eigenvalue weighted by Gasteiger charge is -2.55. The predicted molar refractivity (Wildman–Crippen MR) is 182 cm³/mol. The Bertz CT molecular complexity index is 2160. The second kappa shape index (κ2) is 11.6. The van der Waals surface area contributed by atoms with Crippen LogP contribution >= 0.6 is 22.9 Å². The number of halogens is 4. The van der Waals surface area contributed by atoms with Crippen molar-refractivity contribution in [2.45, 2.75) is 43.8 Å². The van der Waals surface area contributed by atoms with Gasteiger partial charge in [0, 0.05) is 61.1 Å². The lowest BCUT2D eigenvalue weighted by atomic mass is 9.73. The van der Waals surface area contributed by atoms with Gasteiger partial charge >= 0.3 is 12.0 Å². The molecule has 4 saturated heterocycles. The molecule has 2 N–H and O–H groups in total. The fraction of sp³-hybridized carbons (Fsp3) is 0.455. The lowest BCUT2D eigenvalue weighted by molar-refractivity contribution is 0.0778. The molecule has 17 heteroatoms. The van der Waals surface area contributed by atoms with Crippen LogP contribution < -0.4 is 15.4 Å². The SMILES string of the molecule is Nc1nc2c(-c3c(Cl)cc4c(N5CC6(CCCN(C(=O)n7cncn7)C6)C5)nc(OC[C@@]56CCCN5C[C@H](F)C6)nc4c3F)ccc(F)c2s1. The maximum atomic E-state index is 16.9. The van der Waals surface area contributed by atoms with Crippen molar-refractivity contribution >= 4 is 61.0 Å². The zero-order valence-corrected chi connectivity index (χ0v) is 28.4. The van der Waals surface area contributed by atoms with Crippen molar-refractivity contribution in [2.24, 2.45) is 5.41 Å².